The van der Waals surface area contributed by atoms with E-state index in [0.717, 1.165) is 87.3 Å². The zero-order valence-corrected chi connectivity index (χ0v) is 28.0. The number of hydrazone groups is 2. The average molecular weight is 653 g/mol. The molecule has 4 fully saturated rings. The van der Waals surface area contributed by atoms with Crippen molar-refractivity contribution >= 4 is 48.1 Å². The van der Waals surface area contributed by atoms with Gasteiger partial charge in [0.2, 0.25) is 35.7 Å². The van der Waals surface area contributed by atoms with Gasteiger partial charge in [0, 0.05) is 52.4 Å². The lowest BCUT2D eigenvalue weighted by molar-refractivity contribution is 0.556. The largest absolute Gasteiger partial charge is 0.341 e. The van der Waals surface area contributed by atoms with Crippen molar-refractivity contribution in [3.63, 3.8) is 0 Å². The minimum atomic E-state index is 0.474. The van der Waals surface area contributed by atoms with Gasteiger partial charge in [-0.1, -0.05) is 24.3 Å². The summed E-state index contributed by atoms with van der Waals surface area (Å²) in [6.45, 7) is 7.83. The van der Waals surface area contributed by atoms with Crippen molar-refractivity contribution in [2.45, 2.75) is 77.0 Å². The van der Waals surface area contributed by atoms with Gasteiger partial charge in [-0.2, -0.15) is 40.1 Å². The zero-order chi connectivity index (χ0) is 32.4. The van der Waals surface area contributed by atoms with E-state index < -0.39 is 0 Å². The first-order valence-corrected chi connectivity index (χ1v) is 18.0. The van der Waals surface area contributed by atoms with E-state index in [4.69, 9.17) is 29.9 Å². The molecule has 4 saturated heterocycles. The van der Waals surface area contributed by atoms with Crippen molar-refractivity contribution in [2.24, 2.45) is 10.2 Å². The molecule has 0 bridgehead atoms. The summed E-state index contributed by atoms with van der Waals surface area (Å²) >= 11 is 0. The highest BCUT2D eigenvalue weighted by atomic mass is 15.4. The number of hydrogen-bond donors (Lipinski definition) is 2. The number of nitrogens with one attached hydrogen (secondary N) is 2. The second-order valence-corrected chi connectivity index (χ2v) is 13.1. The molecule has 1 aromatic carbocycles. The second-order valence-electron chi connectivity index (χ2n) is 13.1. The molecular weight excluding hydrogens is 604 g/mol. The Labute approximate surface area is 283 Å². The van der Waals surface area contributed by atoms with Crippen LogP contribution in [-0.4, -0.2) is 94.7 Å². The topological polar surface area (TPSA) is 139 Å². The minimum absolute atomic E-state index is 0.474. The van der Waals surface area contributed by atoms with Gasteiger partial charge >= 0.3 is 0 Å². The molecule has 2 N–H and O–H groups in total. The maximum Gasteiger partial charge on any atom is 0.250 e. The normalized spacial score (nSPS) is 19.3. The monoisotopic (exact) mass is 652 g/mol. The molecule has 0 spiro atoms. The van der Waals surface area contributed by atoms with E-state index in [1.807, 2.05) is 24.3 Å². The molecule has 4 aliphatic rings. The van der Waals surface area contributed by atoms with Crippen LogP contribution in [0.4, 0.5) is 35.7 Å². The fourth-order valence-corrected chi connectivity index (χ4v) is 6.75. The highest BCUT2D eigenvalue weighted by Gasteiger charge is 2.22. The number of anilines is 6. The Morgan fingerprint density at radius 1 is 0.396 bits per heavy atom. The zero-order valence-electron chi connectivity index (χ0n) is 28.0. The average Bonchev–Trinajstić information content (AvgIpc) is 3.17. The number of hydrogen-bond acceptors (Lipinski definition) is 14. The fraction of sp³-hybridized carbons (Fsp3) is 0.588. The molecular formula is C34H48N14. The quantitative estimate of drug-likeness (QED) is 0.227. The molecule has 3 aromatic rings. The van der Waals surface area contributed by atoms with E-state index in [9.17, 15) is 0 Å². The number of piperidine rings is 4. The summed E-state index contributed by atoms with van der Waals surface area (Å²) in [6, 6.07) is 8.02. The molecule has 0 radical (unpaired) electrons. The summed E-state index contributed by atoms with van der Waals surface area (Å²) in [4.78, 5) is 37.7. The Balaban J connectivity index is 0.989. The van der Waals surface area contributed by atoms with Crippen LogP contribution in [-0.2, 0) is 0 Å². The van der Waals surface area contributed by atoms with Crippen molar-refractivity contribution in [1.82, 2.24) is 29.9 Å². The van der Waals surface area contributed by atoms with Gasteiger partial charge in [-0.05, 0) is 88.2 Å². The van der Waals surface area contributed by atoms with Crippen LogP contribution in [0, 0.1) is 0 Å². The third-order valence-corrected chi connectivity index (χ3v) is 9.47. The lowest BCUT2D eigenvalue weighted by Crippen LogP contribution is -2.34. The Kier molecular flexibility index (Phi) is 10.6. The maximum absolute atomic E-state index is 4.86. The fourth-order valence-electron chi connectivity index (χ4n) is 6.75. The van der Waals surface area contributed by atoms with Gasteiger partial charge in [0.05, 0.1) is 12.4 Å². The summed E-state index contributed by atoms with van der Waals surface area (Å²) in [7, 11) is 0. The first-order valence-electron chi connectivity index (χ1n) is 18.0. The lowest BCUT2D eigenvalue weighted by Gasteiger charge is -2.30. The molecule has 14 nitrogen and oxygen atoms in total. The molecule has 7 rings (SSSR count). The van der Waals surface area contributed by atoms with E-state index in [2.05, 4.69) is 40.7 Å². The van der Waals surface area contributed by atoms with E-state index in [0.29, 0.717) is 11.9 Å². The van der Waals surface area contributed by atoms with Crippen molar-refractivity contribution in [3.05, 3.63) is 35.4 Å². The molecule has 48 heavy (non-hydrogen) atoms. The summed E-state index contributed by atoms with van der Waals surface area (Å²) < 4.78 is 0. The molecule has 254 valence electrons. The van der Waals surface area contributed by atoms with Gasteiger partial charge in [0.15, 0.2) is 0 Å². The van der Waals surface area contributed by atoms with Crippen molar-refractivity contribution in [1.29, 1.82) is 0 Å². The van der Waals surface area contributed by atoms with Crippen LogP contribution in [0.15, 0.2) is 34.5 Å². The van der Waals surface area contributed by atoms with Gasteiger partial charge in [-0.15, -0.1) is 0 Å². The Hall–Kier alpha value is -4.62. The molecule has 14 heteroatoms. The van der Waals surface area contributed by atoms with Gasteiger partial charge in [0.25, 0.3) is 0 Å². The predicted octanol–water partition coefficient (Wildman–Crippen LogP) is 4.91. The number of rotatable bonds is 10. The summed E-state index contributed by atoms with van der Waals surface area (Å²) in [5.74, 6) is 3.90. The summed E-state index contributed by atoms with van der Waals surface area (Å²) in [5.41, 5.74) is 8.03. The van der Waals surface area contributed by atoms with E-state index in [-0.39, 0.29) is 0 Å². The van der Waals surface area contributed by atoms with Crippen LogP contribution in [0.25, 0.3) is 0 Å². The Morgan fingerprint density at radius 3 is 0.938 bits per heavy atom. The first-order chi connectivity index (χ1) is 23.8. The van der Waals surface area contributed by atoms with E-state index >= 15 is 0 Å². The third kappa shape index (κ3) is 8.45. The lowest BCUT2D eigenvalue weighted by atomic mass is 10.1. The smallest absolute Gasteiger partial charge is 0.250 e. The van der Waals surface area contributed by atoms with Crippen molar-refractivity contribution in [2.75, 3.05) is 82.8 Å². The van der Waals surface area contributed by atoms with Gasteiger partial charge in [-0.25, -0.2) is 10.9 Å². The predicted molar refractivity (Wildman–Crippen MR) is 193 cm³/mol. The van der Waals surface area contributed by atoms with Crippen LogP contribution in [0.2, 0.25) is 0 Å². The molecule has 0 atom stereocenters. The van der Waals surface area contributed by atoms with Gasteiger partial charge < -0.3 is 19.6 Å². The summed E-state index contributed by atoms with van der Waals surface area (Å²) in [6.07, 6.45) is 17.9. The van der Waals surface area contributed by atoms with Gasteiger partial charge in [-0.3, -0.25) is 0 Å². The highest BCUT2D eigenvalue weighted by molar-refractivity contribution is 5.84. The van der Waals surface area contributed by atoms with Crippen LogP contribution in [0.5, 0.6) is 0 Å². The van der Waals surface area contributed by atoms with Crippen LogP contribution < -0.4 is 30.5 Å². The first kappa shape index (κ1) is 32.0. The molecule has 2 aromatic heterocycles. The van der Waals surface area contributed by atoms with E-state index in [1.54, 1.807) is 12.4 Å². The molecule has 0 unspecified atom stereocenters. The van der Waals surface area contributed by atoms with Crippen molar-refractivity contribution in [3.8, 4) is 0 Å². The van der Waals surface area contributed by atoms with Crippen molar-refractivity contribution < 1.29 is 0 Å². The molecule has 0 saturated carbocycles. The number of nitrogens with zero attached hydrogens (tertiary/aromatic N) is 12. The number of benzene rings is 1. The standard InChI is InChI=1S/C34H48N14/c1-5-17-45(18-6-1)31-37-29(38-32(41-31)46-19-7-2-8-20-46)43-35-25-27-13-15-28(16-14-27)26-36-44-30-39-33(47-21-9-3-10-22-47)42-34(40-30)48-23-11-4-12-24-48/h13-16,25-26H,1-12,17-24H2,(H,37,38,41,43)(H,39,40,42,44)/b35-25-,36-26-. The maximum atomic E-state index is 4.86. The second kappa shape index (κ2) is 16.0. The molecule has 6 heterocycles. The Morgan fingerprint density at radius 2 is 0.667 bits per heavy atom. The van der Waals surface area contributed by atoms with E-state index in [1.165, 1.54) is 77.0 Å². The van der Waals surface area contributed by atoms with Gasteiger partial charge in [0.1, 0.15) is 0 Å². The van der Waals surface area contributed by atoms with Crippen LogP contribution in [0.1, 0.15) is 88.2 Å². The molecule has 4 aliphatic heterocycles. The number of aromatic nitrogens is 6. The SMILES string of the molecule is C(=N/Nc1nc(N2CCCCC2)nc(N2CCCCC2)n1)/c1ccc(/C=N\Nc2nc(N3CCCCC3)nc(N3CCCCC3)n2)cc1. The summed E-state index contributed by atoms with van der Waals surface area (Å²) in [5, 5.41) is 8.94. The Bertz CT molecular complexity index is 1330. The third-order valence-electron chi connectivity index (χ3n) is 9.47. The molecule has 0 aliphatic carbocycles. The molecule has 0 amide bonds. The minimum Gasteiger partial charge on any atom is -0.341 e. The van der Waals surface area contributed by atoms with Crippen LogP contribution >= 0.6 is 0 Å². The highest BCUT2D eigenvalue weighted by Crippen LogP contribution is 2.24. The van der Waals surface area contributed by atoms with Crippen LogP contribution in [0.3, 0.4) is 0 Å².